The van der Waals surface area contributed by atoms with Gasteiger partial charge >= 0.3 is 0 Å². The van der Waals surface area contributed by atoms with Crippen molar-refractivity contribution in [3.8, 4) is 5.75 Å². The van der Waals surface area contributed by atoms with Gasteiger partial charge in [0.05, 0.1) is 13.2 Å². The molecular weight excluding hydrogens is 308 g/mol. The molecule has 0 saturated heterocycles. The fourth-order valence-corrected chi connectivity index (χ4v) is 2.81. The molecule has 2 N–H and O–H groups in total. The molecule has 0 aliphatic carbocycles. The average Bonchev–Trinajstić information content (AvgIpc) is 2.89. The molecule has 1 aromatic heterocycles. The Hall–Kier alpha value is -2.34. The Morgan fingerprint density at radius 3 is 2.83 bits per heavy atom. The summed E-state index contributed by atoms with van der Waals surface area (Å²) in [4.78, 5) is 0. The predicted molar refractivity (Wildman–Crippen MR) is 94.9 cm³/mol. The maximum atomic E-state index is 5.93. The number of hydrogen-bond acceptors (Lipinski definition) is 4. The van der Waals surface area contributed by atoms with Crippen LogP contribution in [-0.4, -0.2) is 21.5 Å². The highest BCUT2D eigenvalue weighted by Gasteiger charge is 2.10. The summed E-state index contributed by atoms with van der Waals surface area (Å²) in [6.45, 7) is 5.31. The lowest BCUT2D eigenvalue weighted by Crippen LogP contribution is -2.17. The minimum atomic E-state index is 0.554. The van der Waals surface area contributed by atoms with Crippen molar-refractivity contribution in [3.63, 3.8) is 0 Å². The molecular formula is C17H20N4OS. The van der Waals surface area contributed by atoms with E-state index in [4.69, 9.17) is 17.0 Å². The highest BCUT2D eigenvalue weighted by Crippen LogP contribution is 2.28. The molecule has 0 amide bonds. The van der Waals surface area contributed by atoms with Gasteiger partial charge in [-0.25, -0.2) is 4.68 Å². The third-order valence-corrected chi connectivity index (χ3v) is 3.99. The van der Waals surface area contributed by atoms with Crippen LogP contribution >= 0.6 is 12.2 Å². The van der Waals surface area contributed by atoms with E-state index in [2.05, 4.69) is 40.7 Å². The monoisotopic (exact) mass is 328 g/mol. The number of rotatable bonds is 6. The van der Waals surface area contributed by atoms with Gasteiger partial charge in [0.15, 0.2) is 0 Å². The van der Waals surface area contributed by atoms with Crippen molar-refractivity contribution in [3.05, 3.63) is 52.6 Å². The van der Waals surface area contributed by atoms with Crippen molar-refractivity contribution in [1.82, 2.24) is 14.9 Å². The molecule has 0 unspecified atom stereocenters. The third kappa shape index (κ3) is 3.22. The van der Waals surface area contributed by atoms with Crippen LogP contribution < -0.4 is 10.2 Å². The Morgan fingerprint density at radius 2 is 2.09 bits per heavy atom. The number of nitrogens with zero attached hydrogens (tertiary/aromatic N) is 2. The molecule has 1 heterocycles. The van der Waals surface area contributed by atoms with E-state index in [0.717, 1.165) is 23.6 Å². The quantitative estimate of drug-likeness (QED) is 0.673. The largest absolute Gasteiger partial charge is 0.493 e. The van der Waals surface area contributed by atoms with Gasteiger partial charge in [0.2, 0.25) is 4.77 Å². The van der Waals surface area contributed by atoms with Gasteiger partial charge in [0, 0.05) is 5.56 Å². The maximum Gasteiger partial charge on any atom is 0.214 e. The molecule has 5 nitrogen and oxygen atoms in total. The Kier molecular flexibility index (Phi) is 4.62. The minimum absolute atomic E-state index is 0.554. The van der Waals surface area contributed by atoms with E-state index in [0.29, 0.717) is 17.9 Å². The van der Waals surface area contributed by atoms with E-state index in [9.17, 15) is 0 Å². The zero-order valence-corrected chi connectivity index (χ0v) is 14.1. The summed E-state index contributed by atoms with van der Waals surface area (Å²) in [6, 6.07) is 12.4. The average molecular weight is 328 g/mol. The Balaban J connectivity index is 1.97. The Morgan fingerprint density at radius 1 is 1.26 bits per heavy atom. The molecule has 0 radical (unpaired) electrons. The molecule has 0 aliphatic heterocycles. The zero-order chi connectivity index (χ0) is 16.2. The van der Waals surface area contributed by atoms with Crippen LogP contribution in [0.1, 0.15) is 24.7 Å². The van der Waals surface area contributed by atoms with Gasteiger partial charge in [0.1, 0.15) is 11.6 Å². The van der Waals surface area contributed by atoms with Crippen LogP contribution in [0.2, 0.25) is 0 Å². The van der Waals surface area contributed by atoms with Crippen LogP contribution in [0.3, 0.4) is 0 Å². The lowest BCUT2D eigenvalue weighted by Gasteiger charge is -2.16. The molecule has 3 rings (SSSR count). The van der Waals surface area contributed by atoms with Crippen LogP contribution in [0.15, 0.2) is 36.4 Å². The van der Waals surface area contributed by atoms with Gasteiger partial charge in [-0.15, -0.1) is 0 Å². The Labute approximate surface area is 140 Å². The molecule has 0 aliphatic rings. The number of nitrogens with one attached hydrogen (secondary N) is 2. The molecule has 6 heteroatoms. The first-order chi connectivity index (χ1) is 11.2. The van der Waals surface area contributed by atoms with Crippen molar-refractivity contribution in [2.24, 2.45) is 0 Å². The van der Waals surface area contributed by atoms with E-state index in [1.54, 1.807) is 4.68 Å². The van der Waals surface area contributed by atoms with Crippen LogP contribution in [0, 0.1) is 11.7 Å². The highest BCUT2D eigenvalue weighted by molar-refractivity contribution is 7.71. The van der Waals surface area contributed by atoms with Crippen LogP contribution in [0.25, 0.3) is 10.8 Å². The van der Waals surface area contributed by atoms with Crippen molar-refractivity contribution in [2.45, 2.75) is 26.8 Å². The molecule has 0 saturated carbocycles. The molecule has 0 atom stereocenters. The maximum absolute atomic E-state index is 5.93. The first-order valence-corrected chi connectivity index (χ1v) is 8.13. The second-order valence-corrected chi connectivity index (χ2v) is 5.74. The second-order valence-electron chi connectivity index (χ2n) is 5.36. The first-order valence-electron chi connectivity index (χ1n) is 7.72. The number of benzene rings is 2. The molecule has 0 fully saturated rings. The van der Waals surface area contributed by atoms with Crippen molar-refractivity contribution in [1.29, 1.82) is 0 Å². The van der Waals surface area contributed by atoms with Gasteiger partial charge in [0.25, 0.3) is 0 Å². The topological polar surface area (TPSA) is 54.9 Å². The lowest BCUT2D eigenvalue weighted by molar-refractivity contribution is 0.315. The Bertz CT molecular complexity index is 868. The summed E-state index contributed by atoms with van der Waals surface area (Å²) in [5, 5.41) is 9.27. The highest BCUT2D eigenvalue weighted by atomic mass is 32.1. The molecule has 0 spiro atoms. The number of hydrogen-bond donors (Lipinski definition) is 2. The minimum Gasteiger partial charge on any atom is -0.493 e. The number of aromatic amines is 1. The van der Waals surface area contributed by atoms with Crippen molar-refractivity contribution >= 4 is 23.0 Å². The fourth-order valence-electron chi connectivity index (χ4n) is 2.57. The number of aromatic nitrogens is 3. The van der Waals surface area contributed by atoms with Gasteiger partial charge < -0.3 is 10.2 Å². The van der Waals surface area contributed by atoms with Crippen LogP contribution in [0.5, 0.6) is 5.75 Å². The first kappa shape index (κ1) is 15.6. The van der Waals surface area contributed by atoms with Crippen LogP contribution in [-0.2, 0) is 6.54 Å². The van der Waals surface area contributed by atoms with E-state index in [1.807, 2.05) is 25.1 Å². The second kappa shape index (κ2) is 6.83. The fraction of sp³-hybridized carbons (Fsp3) is 0.294. The normalized spacial score (nSPS) is 10.9. The van der Waals surface area contributed by atoms with E-state index >= 15 is 0 Å². The van der Waals surface area contributed by atoms with E-state index in [-0.39, 0.29) is 0 Å². The number of H-pyrrole nitrogens is 1. The molecule has 3 aromatic rings. The van der Waals surface area contributed by atoms with E-state index in [1.165, 1.54) is 10.8 Å². The predicted octanol–water partition coefficient (Wildman–Crippen LogP) is 3.93. The molecule has 23 heavy (non-hydrogen) atoms. The summed E-state index contributed by atoms with van der Waals surface area (Å²) >= 11 is 5.24. The number of fused-ring (bicyclic) bond motifs is 1. The van der Waals surface area contributed by atoms with Gasteiger partial charge in [-0.2, -0.15) is 5.10 Å². The SMILES string of the molecule is CCCOc1ccc2ccccc2c1CNn1c(C)n[nH]c1=S. The van der Waals surface area contributed by atoms with E-state index < -0.39 is 0 Å². The molecule has 0 bridgehead atoms. The van der Waals surface area contributed by atoms with Gasteiger partial charge in [-0.3, -0.25) is 5.10 Å². The third-order valence-electron chi connectivity index (χ3n) is 3.71. The van der Waals surface area contributed by atoms with Crippen molar-refractivity contribution < 1.29 is 4.74 Å². The summed E-state index contributed by atoms with van der Waals surface area (Å²) < 4.78 is 8.26. The summed E-state index contributed by atoms with van der Waals surface area (Å²) in [7, 11) is 0. The number of ether oxygens (including phenoxy) is 1. The summed E-state index contributed by atoms with van der Waals surface area (Å²) in [5.74, 6) is 1.71. The summed E-state index contributed by atoms with van der Waals surface area (Å²) in [5.41, 5.74) is 4.45. The van der Waals surface area contributed by atoms with Crippen LogP contribution in [0.4, 0.5) is 0 Å². The zero-order valence-electron chi connectivity index (χ0n) is 13.3. The summed E-state index contributed by atoms with van der Waals surface area (Å²) in [6.07, 6.45) is 0.978. The smallest absolute Gasteiger partial charge is 0.214 e. The number of aryl methyl sites for hydroxylation is 1. The lowest BCUT2D eigenvalue weighted by atomic mass is 10.0. The molecule has 2 aromatic carbocycles. The molecule has 120 valence electrons. The standard InChI is InChI=1S/C17H20N4OS/c1-3-10-22-16-9-8-13-6-4-5-7-14(13)15(16)11-18-21-12(2)19-20-17(21)23/h4-9,18H,3,10-11H2,1-2H3,(H,20,23). The van der Waals surface area contributed by atoms with Gasteiger partial charge in [-0.1, -0.05) is 37.3 Å². The van der Waals surface area contributed by atoms with Gasteiger partial charge in [-0.05, 0) is 42.4 Å². The van der Waals surface area contributed by atoms with Crippen molar-refractivity contribution in [2.75, 3.05) is 12.0 Å².